The highest BCUT2D eigenvalue weighted by Crippen LogP contribution is 2.10. The second-order valence-corrected chi connectivity index (χ2v) is 4.47. The van der Waals surface area contributed by atoms with Gasteiger partial charge in [0.05, 0.1) is 0 Å². The van der Waals surface area contributed by atoms with E-state index in [1.807, 2.05) is 48.2 Å². The van der Waals surface area contributed by atoms with E-state index in [4.69, 9.17) is 0 Å². The zero-order valence-corrected chi connectivity index (χ0v) is 11.0. The second kappa shape index (κ2) is 7.49. The molecule has 0 aliphatic carbocycles. The fourth-order valence-electron chi connectivity index (χ4n) is 1.70. The summed E-state index contributed by atoms with van der Waals surface area (Å²) >= 11 is 0. The van der Waals surface area contributed by atoms with Gasteiger partial charge in [-0.25, -0.2) is 0 Å². The van der Waals surface area contributed by atoms with Crippen molar-refractivity contribution < 1.29 is 4.79 Å². The second-order valence-electron chi connectivity index (χ2n) is 4.47. The molecule has 0 aliphatic rings. The molecular weight excluding hydrogens is 222 g/mol. The Kier molecular flexibility index (Phi) is 5.92. The summed E-state index contributed by atoms with van der Waals surface area (Å²) in [5.41, 5.74) is 1.14. The van der Waals surface area contributed by atoms with Gasteiger partial charge in [0.25, 0.3) is 0 Å². The van der Waals surface area contributed by atoms with Crippen LogP contribution in [-0.2, 0) is 11.3 Å². The molecule has 1 unspecified atom stereocenters. The third-order valence-electron chi connectivity index (χ3n) is 2.82. The first kappa shape index (κ1) is 14.2. The number of allylic oxidation sites excluding steroid dienone is 1. The van der Waals surface area contributed by atoms with E-state index in [-0.39, 0.29) is 11.8 Å². The summed E-state index contributed by atoms with van der Waals surface area (Å²) in [6, 6.07) is 10.0. The highest BCUT2D eigenvalue weighted by molar-refractivity contribution is 5.76. The molecule has 0 radical (unpaired) electrons. The Labute approximate surface area is 110 Å². The van der Waals surface area contributed by atoms with Crippen LogP contribution in [-0.4, -0.2) is 17.4 Å². The van der Waals surface area contributed by atoms with E-state index in [1.54, 1.807) is 6.08 Å². The summed E-state index contributed by atoms with van der Waals surface area (Å²) < 4.78 is 0. The molecule has 1 rings (SSSR count). The largest absolute Gasteiger partial charge is 0.335 e. The standard InChI is InChI=1S/C16H21NO/c1-4-11-17(16(18)12-14(3)5-2)13-15-9-7-6-8-10-15/h4-10,14H,1-2,11-13H2,3H3. The minimum atomic E-state index is 0.145. The number of hydrogen-bond acceptors (Lipinski definition) is 1. The SMILES string of the molecule is C=CCN(Cc1ccccc1)C(=O)CC(C)C=C. The van der Waals surface area contributed by atoms with Crippen molar-refractivity contribution in [2.75, 3.05) is 6.54 Å². The first-order valence-electron chi connectivity index (χ1n) is 6.22. The van der Waals surface area contributed by atoms with E-state index in [0.717, 1.165) is 5.56 Å². The highest BCUT2D eigenvalue weighted by atomic mass is 16.2. The van der Waals surface area contributed by atoms with E-state index in [0.29, 0.717) is 19.5 Å². The third-order valence-corrected chi connectivity index (χ3v) is 2.82. The van der Waals surface area contributed by atoms with Gasteiger partial charge >= 0.3 is 0 Å². The minimum Gasteiger partial charge on any atom is -0.335 e. The Morgan fingerprint density at radius 3 is 2.56 bits per heavy atom. The molecule has 0 aliphatic heterocycles. The maximum atomic E-state index is 12.1. The molecular formula is C16H21NO. The van der Waals surface area contributed by atoms with E-state index in [1.165, 1.54) is 0 Å². The summed E-state index contributed by atoms with van der Waals surface area (Å²) in [7, 11) is 0. The molecule has 0 aromatic heterocycles. The van der Waals surface area contributed by atoms with Crippen LogP contribution in [0.3, 0.4) is 0 Å². The lowest BCUT2D eigenvalue weighted by atomic mass is 10.1. The summed E-state index contributed by atoms with van der Waals surface area (Å²) in [6.07, 6.45) is 4.08. The van der Waals surface area contributed by atoms with Gasteiger partial charge in [-0.3, -0.25) is 4.79 Å². The predicted octanol–water partition coefficient (Wildman–Crippen LogP) is 3.41. The number of nitrogens with zero attached hydrogens (tertiary/aromatic N) is 1. The van der Waals surface area contributed by atoms with Gasteiger partial charge in [0.15, 0.2) is 0 Å². The van der Waals surface area contributed by atoms with E-state index in [2.05, 4.69) is 13.2 Å². The molecule has 96 valence electrons. The van der Waals surface area contributed by atoms with Crippen molar-refractivity contribution in [1.29, 1.82) is 0 Å². The Hall–Kier alpha value is -1.83. The van der Waals surface area contributed by atoms with Crippen LogP contribution in [0.2, 0.25) is 0 Å². The molecule has 0 spiro atoms. The highest BCUT2D eigenvalue weighted by Gasteiger charge is 2.14. The van der Waals surface area contributed by atoms with Gasteiger partial charge in [-0.2, -0.15) is 0 Å². The lowest BCUT2D eigenvalue weighted by molar-refractivity contribution is -0.131. The molecule has 0 saturated carbocycles. The van der Waals surface area contributed by atoms with Gasteiger partial charge in [0.1, 0.15) is 0 Å². The maximum absolute atomic E-state index is 12.1. The minimum absolute atomic E-state index is 0.145. The molecule has 0 heterocycles. The summed E-state index contributed by atoms with van der Waals surface area (Å²) in [4.78, 5) is 14.0. The first-order valence-corrected chi connectivity index (χ1v) is 6.22. The topological polar surface area (TPSA) is 20.3 Å². The van der Waals surface area contributed by atoms with E-state index >= 15 is 0 Å². The Bertz CT molecular complexity index is 397. The molecule has 0 bridgehead atoms. The van der Waals surface area contributed by atoms with Gasteiger partial charge in [-0.15, -0.1) is 13.2 Å². The van der Waals surface area contributed by atoms with Crippen molar-refractivity contribution in [3.63, 3.8) is 0 Å². The molecule has 1 atom stereocenters. The molecule has 2 nitrogen and oxygen atoms in total. The smallest absolute Gasteiger partial charge is 0.223 e. The fourth-order valence-corrected chi connectivity index (χ4v) is 1.70. The van der Waals surface area contributed by atoms with Gasteiger partial charge < -0.3 is 4.90 Å². The third kappa shape index (κ3) is 4.58. The zero-order chi connectivity index (χ0) is 13.4. The average Bonchev–Trinajstić information content (AvgIpc) is 2.39. The number of carbonyl (C=O) groups is 1. The van der Waals surface area contributed by atoms with Crippen molar-refractivity contribution >= 4 is 5.91 Å². The molecule has 0 saturated heterocycles. The van der Waals surface area contributed by atoms with Crippen molar-refractivity contribution in [2.45, 2.75) is 19.9 Å². The quantitative estimate of drug-likeness (QED) is 0.672. The van der Waals surface area contributed by atoms with Gasteiger partial charge in [-0.1, -0.05) is 49.4 Å². The Morgan fingerprint density at radius 1 is 1.33 bits per heavy atom. The van der Waals surface area contributed by atoms with Crippen molar-refractivity contribution in [3.05, 3.63) is 61.2 Å². The van der Waals surface area contributed by atoms with Gasteiger partial charge in [-0.05, 0) is 11.5 Å². The van der Waals surface area contributed by atoms with Gasteiger partial charge in [0.2, 0.25) is 5.91 Å². The van der Waals surface area contributed by atoms with Crippen LogP contribution in [0.1, 0.15) is 18.9 Å². The number of amides is 1. The van der Waals surface area contributed by atoms with Crippen LogP contribution >= 0.6 is 0 Å². The average molecular weight is 243 g/mol. The van der Waals surface area contributed by atoms with Crippen molar-refractivity contribution in [2.24, 2.45) is 5.92 Å². The molecule has 1 amide bonds. The fraction of sp³-hybridized carbons (Fsp3) is 0.312. The first-order chi connectivity index (χ1) is 8.67. The maximum Gasteiger partial charge on any atom is 0.223 e. The molecule has 1 aromatic rings. The number of hydrogen-bond donors (Lipinski definition) is 0. The van der Waals surface area contributed by atoms with Crippen molar-refractivity contribution in [1.82, 2.24) is 4.90 Å². The molecule has 2 heteroatoms. The molecule has 0 fully saturated rings. The molecule has 18 heavy (non-hydrogen) atoms. The van der Waals surface area contributed by atoms with E-state index < -0.39 is 0 Å². The van der Waals surface area contributed by atoms with E-state index in [9.17, 15) is 4.79 Å². The normalized spacial score (nSPS) is 11.6. The number of benzene rings is 1. The monoisotopic (exact) mass is 243 g/mol. The lowest BCUT2D eigenvalue weighted by Crippen LogP contribution is -2.31. The summed E-state index contributed by atoms with van der Waals surface area (Å²) in [6.45, 7) is 10.6. The Morgan fingerprint density at radius 2 is 2.00 bits per heavy atom. The number of rotatable bonds is 7. The molecule has 1 aromatic carbocycles. The van der Waals surface area contributed by atoms with Crippen LogP contribution in [0, 0.1) is 5.92 Å². The lowest BCUT2D eigenvalue weighted by Gasteiger charge is -2.22. The number of carbonyl (C=O) groups excluding carboxylic acids is 1. The Balaban J connectivity index is 2.67. The molecule has 0 N–H and O–H groups in total. The predicted molar refractivity (Wildman–Crippen MR) is 76.0 cm³/mol. The van der Waals surface area contributed by atoms with Crippen LogP contribution in [0.25, 0.3) is 0 Å². The van der Waals surface area contributed by atoms with Gasteiger partial charge in [0, 0.05) is 19.5 Å². The van der Waals surface area contributed by atoms with Crippen LogP contribution in [0.5, 0.6) is 0 Å². The van der Waals surface area contributed by atoms with Crippen LogP contribution < -0.4 is 0 Å². The van der Waals surface area contributed by atoms with Crippen LogP contribution in [0.4, 0.5) is 0 Å². The zero-order valence-electron chi connectivity index (χ0n) is 11.0. The van der Waals surface area contributed by atoms with Crippen LogP contribution in [0.15, 0.2) is 55.6 Å². The van der Waals surface area contributed by atoms with Crippen molar-refractivity contribution in [3.8, 4) is 0 Å². The summed E-state index contributed by atoms with van der Waals surface area (Å²) in [5, 5.41) is 0. The summed E-state index contributed by atoms with van der Waals surface area (Å²) in [5.74, 6) is 0.353.